The number of methoxy groups -OCH3 is 1. The SMILES string of the molecule is COCc1cc(Cl)nc(-c2ccc(Br)c(C)c2)n1. The largest absolute Gasteiger partial charge is 0.378 e. The number of hydrogen-bond donors (Lipinski definition) is 0. The van der Waals surface area contributed by atoms with E-state index in [1.54, 1.807) is 13.2 Å². The van der Waals surface area contributed by atoms with Gasteiger partial charge in [0.2, 0.25) is 0 Å². The third-order valence-electron chi connectivity index (χ3n) is 2.46. The molecule has 0 amide bonds. The van der Waals surface area contributed by atoms with Gasteiger partial charge in [-0.2, -0.15) is 0 Å². The first-order chi connectivity index (χ1) is 8.60. The number of nitrogens with zero attached hydrogens (tertiary/aromatic N) is 2. The fraction of sp³-hybridized carbons (Fsp3) is 0.231. The lowest BCUT2D eigenvalue weighted by atomic mass is 10.1. The van der Waals surface area contributed by atoms with Crippen molar-refractivity contribution in [1.82, 2.24) is 9.97 Å². The standard InChI is InChI=1S/C13H12BrClN2O/c1-8-5-9(3-4-11(8)14)13-16-10(7-18-2)6-12(15)17-13/h3-6H,7H2,1-2H3. The summed E-state index contributed by atoms with van der Waals surface area (Å²) in [6.45, 7) is 2.44. The summed E-state index contributed by atoms with van der Waals surface area (Å²) >= 11 is 9.46. The van der Waals surface area contributed by atoms with Crippen molar-refractivity contribution in [2.45, 2.75) is 13.5 Å². The van der Waals surface area contributed by atoms with Gasteiger partial charge in [0.05, 0.1) is 12.3 Å². The average molecular weight is 328 g/mol. The summed E-state index contributed by atoms with van der Waals surface area (Å²) < 4.78 is 6.12. The van der Waals surface area contributed by atoms with Crippen LogP contribution in [-0.2, 0) is 11.3 Å². The third kappa shape index (κ3) is 3.07. The summed E-state index contributed by atoms with van der Waals surface area (Å²) in [7, 11) is 1.62. The highest BCUT2D eigenvalue weighted by Gasteiger charge is 2.07. The second kappa shape index (κ2) is 5.78. The van der Waals surface area contributed by atoms with Crippen molar-refractivity contribution in [2.24, 2.45) is 0 Å². The van der Waals surface area contributed by atoms with Crippen LogP contribution in [0.15, 0.2) is 28.7 Å². The Morgan fingerprint density at radius 1 is 1.28 bits per heavy atom. The number of rotatable bonds is 3. The van der Waals surface area contributed by atoms with Gasteiger partial charge in [-0.05, 0) is 30.7 Å². The van der Waals surface area contributed by atoms with Crippen molar-refractivity contribution in [2.75, 3.05) is 7.11 Å². The van der Waals surface area contributed by atoms with Crippen LogP contribution in [0.2, 0.25) is 5.15 Å². The van der Waals surface area contributed by atoms with Crippen LogP contribution in [0.25, 0.3) is 11.4 Å². The molecule has 0 saturated carbocycles. The molecule has 0 N–H and O–H groups in total. The van der Waals surface area contributed by atoms with Gasteiger partial charge < -0.3 is 4.74 Å². The normalized spacial score (nSPS) is 10.7. The summed E-state index contributed by atoms with van der Waals surface area (Å²) in [5.74, 6) is 0.616. The van der Waals surface area contributed by atoms with Gasteiger partial charge in [0.15, 0.2) is 5.82 Å². The van der Waals surface area contributed by atoms with E-state index >= 15 is 0 Å². The van der Waals surface area contributed by atoms with Gasteiger partial charge in [-0.1, -0.05) is 33.6 Å². The molecular formula is C13H12BrClN2O. The van der Waals surface area contributed by atoms with Crippen molar-refractivity contribution in [3.8, 4) is 11.4 Å². The van der Waals surface area contributed by atoms with E-state index in [0.29, 0.717) is 17.6 Å². The molecule has 1 aromatic heterocycles. The van der Waals surface area contributed by atoms with Crippen LogP contribution in [0.1, 0.15) is 11.3 Å². The Morgan fingerprint density at radius 2 is 2.06 bits per heavy atom. The van der Waals surface area contributed by atoms with Crippen molar-refractivity contribution >= 4 is 27.5 Å². The molecule has 0 aliphatic rings. The van der Waals surface area contributed by atoms with Gasteiger partial charge in [-0.15, -0.1) is 0 Å². The number of aryl methyl sites for hydroxylation is 1. The highest BCUT2D eigenvalue weighted by Crippen LogP contribution is 2.24. The van der Waals surface area contributed by atoms with E-state index in [1.165, 1.54) is 0 Å². The zero-order valence-corrected chi connectivity index (χ0v) is 12.4. The van der Waals surface area contributed by atoms with E-state index < -0.39 is 0 Å². The summed E-state index contributed by atoms with van der Waals surface area (Å²) in [6.07, 6.45) is 0. The van der Waals surface area contributed by atoms with Crippen LogP contribution in [0.4, 0.5) is 0 Å². The maximum atomic E-state index is 5.99. The maximum Gasteiger partial charge on any atom is 0.161 e. The van der Waals surface area contributed by atoms with Gasteiger partial charge in [-0.25, -0.2) is 9.97 Å². The molecule has 3 nitrogen and oxygen atoms in total. The molecule has 1 heterocycles. The van der Waals surface area contributed by atoms with E-state index in [9.17, 15) is 0 Å². The van der Waals surface area contributed by atoms with Crippen molar-refractivity contribution < 1.29 is 4.74 Å². The van der Waals surface area contributed by atoms with E-state index in [-0.39, 0.29) is 0 Å². The van der Waals surface area contributed by atoms with Crippen molar-refractivity contribution in [1.29, 1.82) is 0 Å². The lowest BCUT2D eigenvalue weighted by Crippen LogP contribution is -1.98. The van der Waals surface area contributed by atoms with Crippen LogP contribution in [0.5, 0.6) is 0 Å². The quantitative estimate of drug-likeness (QED) is 0.799. The Morgan fingerprint density at radius 3 is 2.72 bits per heavy atom. The van der Waals surface area contributed by atoms with Gasteiger partial charge in [0.25, 0.3) is 0 Å². The minimum absolute atomic E-state index is 0.421. The Bertz CT molecular complexity index is 575. The Labute approximate surface area is 119 Å². The maximum absolute atomic E-state index is 5.99. The Kier molecular flexibility index (Phi) is 4.32. The summed E-state index contributed by atoms with van der Waals surface area (Å²) in [5, 5.41) is 0.424. The number of halogens is 2. The number of aromatic nitrogens is 2. The molecule has 2 aromatic rings. The Hall–Kier alpha value is -0.970. The second-order valence-electron chi connectivity index (χ2n) is 3.90. The molecule has 2 rings (SSSR count). The molecule has 94 valence electrons. The molecule has 0 radical (unpaired) electrons. The zero-order chi connectivity index (χ0) is 13.1. The van der Waals surface area contributed by atoms with E-state index in [4.69, 9.17) is 16.3 Å². The van der Waals surface area contributed by atoms with Crippen molar-refractivity contribution in [3.63, 3.8) is 0 Å². The topological polar surface area (TPSA) is 35.0 Å². The van der Waals surface area contributed by atoms with E-state index in [2.05, 4.69) is 25.9 Å². The molecule has 0 aliphatic carbocycles. The first kappa shape index (κ1) is 13.5. The minimum Gasteiger partial charge on any atom is -0.378 e. The van der Waals surface area contributed by atoms with Crippen LogP contribution >= 0.6 is 27.5 Å². The molecule has 0 unspecified atom stereocenters. The molecule has 5 heteroatoms. The van der Waals surface area contributed by atoms with E-state index in [0.717, 1.165) is 21.3 Å². The number of hydrogen-bond acceptors (Lipinski definition) is 3. The first-order valence-corrected chi connectivity index (χ1v) is 6.56. The summed E-state index contributed by atoms with van der Waals surface area (Å²) in [6, 6.07) is 7.66. The first-order valence-electron chi connectivity index (χ1n) is 5.39. The van der Waals surface area contributed by atoms with Crippen molar-refractivity contribution in [3.05, 3.63) is 45.1 Å². The number of ether oxygens (including phenoxy) is 1. The van der Waals surface area contributed by atoms with Gasteiger partial charge in [-0.3, -0.25) is 0 Å². The molecule has 0 fully saturated rings. The fourth-order valence-corrected chi connectivity index (χ4v) is 2.05. The van der Waals surface area contributed by atoms with Gasteiger partial charge in [0, 0.05) is 17.1 Å². The summed E-state index contributed by atoms with van der Waals surface area (Å²) in [5.41, 5.74) is 2.84. The van der Waals surface area contributed by atoms with E-state index in [1.807, 2.05) is 25.1 Å². The third-order valence-corrected chi connectivity index (χ3v) is 3.54. The molecule has 0 bridgehead atoms. The van der Waals surface area contributed by atoms with Crippen LogP contribution in [0, 0.1) is 6.92 Å². The molecule has 0 aliphatic heterocycles. The molecular weight excluding hydrogens is 316 g/mol. The molecule has 0 spiro atoms. The molecule has 0 saturated heterocycles. The van der Waals surface area contributed by atoms with Gasteiger partial charge >= 0.3 is 0 Å². The minimum atomic E-state index is 0.421. The highest BCUT2D eigenvalue weighted by atomic mass is 79.9. The monoisotopic (exact) mass is 326 g/mol. The number of benzene rings is 1. The molecule has 18 heavy (non-hydrogen) atoms. The lowest BCUT2D eigenvalue weighted by molar-refractivity contribution is 0.181. The van der Waals surface area contributed by atoms with Crippen LogP contribution in [0.3, 0.4) is 0 Å². The molecule has 1 aromatic carbocycles. The lowest BCUT2D eigenvalue weighted by Gasteiger charge is -2.06. The zero-order valence-electron chi connectivity index (χ0n) is 10.1. The highest BCUT2D eigenvalue weighted by molar-refractivity contribution is 9.10. The Balaban J connectivity index is 2.46. The summed E-state index contributed by atoms with van der Waals surface area (Å²) in [4.78, 5) is 8.67. The average Bonchev–Trinajstić information content (AvgIpc) is 2.32. The second-order valence-corrected chi connectivity index (χ2v) is 5.14. The fourth-order valence-electron chi connectivity index (χ4n) is 1.60. The van der Waals surface area contributed by atoms with Crippen LogP contribution < -0.4 is 0 Å². The smallest absolute Gasteiger partial charge is 0.161 e. The van der Waals surface area contributed by atoms with Gasteiger partial charge in [0.1, 0.15) is 5.15 Å². The predicted octanol–water partition coefficient (Wildman–Crippen LogP) is 4.01. The van der Waals surface area contributed by atoms with Crippen LogP contribution in [-0.4, -0.2) is 17.1 Å². The molecule has 0 atom stereocenters. The predicted molar refractivity (Wildman–Crippen MR) is 75.6 cm³/mol.